The van der Waals surface area contributed by atoms with Crippen LogP contribution in [0.3, 0.4) is 0 Å². The molecule has 2 aromatic rings. The summed E-state index contributed by atoms with van der Waals surface area (Å²) < 4.78 is 19.8. The first-order valence-electron chi connectivity index (χ1n) is 12.8. The zero-order chi connectivity index (χ0) is 27.4. The number of carbonyl (C=O) groups is 2. The molecule has 1 saturated heterocycles. The second kappa shape index (κ2) is 11.7. The molecule has 1 aromatic heterocycles. The van der Waals surface area contributed by atoms with E-state index in [2.05, 4.69) is 15.2 Å². The predicted molar refractivity (Wildman–Crippen MR) is 140 cm³/mol. The Hall–Kier alpha value is -3.80. The molecule has 1 fully saturated rings. The molecule has 1 N–H and O–H groups in total. The van der Waals surface area contributed by atoms with Crippen LogP contribution in [0.5, 0.6) is 0 Å². The van der Waals surface area contributed by atoms with E-state index in [1.165, 1.54) is 13.1 Å². The maximum Gasteiger partial charge on any atom is 0.328 e. The van der Waals surface area contributed by atoms with Crippen molar-refractivity contribution in [2.75, 3.05) is 56.2 Å². The van der Waals surface area contributed by atoms with E-state index >= 15 is 0 Å². The molecule has 3 heterocycles. The fraction of sp³-hybridized carbons (Fsp3) is 0.500. The van der Waals surface area contributed by atoms with Crippen LogP contribution in [0.25, 0.3) is 0 Å². The highest BCUT2D eigenvalue weighted by atomic mass is 19.1. The lowest BCUT2D eigenvalue weighted by Crippen LogP contribution is -2.46. The second-order valence-corrected chi connectivity index (χ2v) is 9.45. The van der Waals surface area contributed by atoms with Crippen molar-refractivity contribution in [2.24, 2.45) is 0 Å². The van der Waals surface area contributed by atoms with Crippen LogP contribution in [0.2, 0.25) is 0 Å². The second-order valence-electron chi connectivity index (χ2n) is 9.45. The third kappa shape index (κ3) is 5.69. The molecular weight excluding hydrogens is 495 g/mol. The smallest absolute Gasteiger partial charge is 0.328 e. The SMILES string of the molecule is CCOC(=O)C(C)N1CCCc2cc(CN3CCN(c4ccc(C(=O)NC)nc4F)CC3)cc([N+](=O)[O-])c21. The van der Waals surface area contributed by atoms with Crippen molar-refractivity contribution >= 4 is 28.9 Å². The van der Waals surface area contributed by atoms with Crippen molar-refractivity contribution in [1.82, 2.24) is 15.2 Å². The van der Waals surface area contributed by atoms with Gasteiger partial charge in [0.05, 0.1) is 17.2 Å². The van der Waals surface area contributed by atoms with Crippen LogP contribution < -0.4 is 15.1 Å². The first kappa shape index (κ1) is 27.2. The zero-order valence-electron chi connectivity index (χ0n) is 21.9. The number of piperazine rings is 1. The number of aromatic nitrogens is 1. The topological polar surface area (TPSA) is 121 Å². The van der Waals surface area contributed by atoms with E-state index in [1.807, 2.05) is 11.0 Å². The lowest BCUT2D eigenvalue weighted by atomic mass is 9.96. The molecule has 12 heteroatoms. The number of pyridine rings is 1. The summed E-state index contributed by atoms with van der Waals surface area (Å²) in [6, 6.07) is 6.05. The van der Waals surface area contributed by atoms with Gasteiger partial charge in [-0.1, -0.05) is 6.07 Å². The predicted octanol–water partition coefficient (Wildman–Crippen LogP) is 2.51. The number of ether oxygens (including phenoxy) is 1. The molecule has 1 aromatic carbocycles. The summed E-state index contributed by atoms with van der Waals surface area (Å²) in [4.78, 5) is 45.4. The Kier molecular flexibility index (Phi) is 8.40. The molecule has 0 spiro atoms. The quantitative estimate of drug-likeness (QED) is 0.238. The van der Waals surface area contributed by atoms with Gasteiger partial charge in [-0.05, 0) is 49.9 Å². The van der Waals surface area contributed by atoms with Crippen LogP contribution in [0.4, 0.5) is 21.5 Å². The minimum absolute atomic E-state index is 0.00339. The summed E-state index contributed by atoms with van der Waals surface area (Å²) in [7, 11) is 1.46. The fourth-order valence-electron chi connectivity index (χ4n) is 5.15. The number of carbonyl (C=O) groups excluding carboxylic acids is 2. The highest BCUT2D eigenvalue weighted by Crippen LogP contribution is 2.39. The maximum atomic E-state index is 14.6. The van der Waals surface area contributed by atoms with Crippen LogP contribution in [0.15, 0.2) is 24.3 Å². The van der Waals surface area contributed by atoms with Crippen LogP contribution >= 0.6 is 0 Å². The number of nitro groups is 1. The van der Waals surface area contributed by atoms with Gasteiger partial charge in [0.1, 0.15) is 17.4 Å². The van der Waals surface area contributed by atoms with E-state index in [4.69, 9.17) is 4.74 Å². The van der Waals surface area contributed by atoms with Crippen molar-refractivity contribution in [2.45, 2.75) is 39.3 Å². The molecule has 0 radical (unpaired) electrons. The molecule has 38 heavy (non-hydrogen) atoms. The van der Waals surface area contributed by atoms with Gasteiger partial charge in [0.25, 0.3) is 11.6 Å². The third-order valence-electron chi connectivity index (χ3n) is 7.06. The van der Waals surface area contributed by atoms with Crippen molar-refractivity contribution in [3.63, 3.8) is 0 Å². The lowest BCUT2D eigenvalue weighted by Gasteiger charge is -2.37. The number of rotatable bonds is 8. The van der Waals surface area contributed by atoms with E-state index in [9.17, 15) is 24.1 Å². The number of hydrogen-bond donors (Lipinski definition) is 1. The molecule has 2 aliphatic rings. The number of nitrogens with zero attached hydrogens (tertiary/aromatic N) is 5. The average molecular weight is 529 g/mol. The van der Waals surface area contributed by atoms with Gasteiger partial charge < -0.3 is 19.9 Å². The Labute approximate surface area is 220 Å². The van der Waals surface area contributed by atoms with Gasteiger partial charge in [0, 0.05) is 52.4 Å². The summed E-state index contributed by atoms with van der Waals surface area (Å²) >= 11 is 0. The monoisotopic (exact) mass is 528 g/mol. The maximum absolute atomic E-state index is 14.6. The van der Waals surface area contributed by atoms with Gasteiger partial charge in [-0.15, -0.1) is 0 Å². The molecule has 204 valence electrons. The van der Waals surface area contributed by atoms with E-state index < -0.39 is 23.9 Å². The number of hydrogen-bond acceptors (Lipinski definition) is 9. The van der Waals surface area contributed by atoms with Crippen LogP contribution in [-0.4, -0.2) is 79.1 Å². The van der Waals surface area contributed by atoms with Crippen LogP contribution in [0, 0.1) is 16.1 Å². The summed E-state index contributed by atoms with van der Waals surface area (Å²) in [5.41, 5.74) is 2.56. The summed E-state index contributed by atoms with van der Waals surface area (Å²) in [6.45, 7) is 7.14. The molecule has 4 rings (SSSR count). The summed E-state index contributed by atoms with van der Waals surface area (Å²) in [6.07, 6.45) is 1.48. The molecule has 0 saturated carbocycles. The molecular formula is C26H33FN6O5. The van der Waals surface area contributed by atoms with E-state index in [0.717, 1.165) is 17.5 Å². The number of fused-ring (bicyclic) bond motifs is 1. The van der Waals surface area contributed by atoms with Crippen LogP contribution in [0.1, 0.15) is 41.9 Å². The number of nitrogens with one attached hydrogen (secondary N) is 1. The van der Waals surface area contributed by atoms with Crippen molar-refractivity contribution < 1.29 is 23.6 Å². The van der Waals surface area contributed by atoms with Crippen LogP contribution in [-0.2, 0) is 22.5 Å². The molecule has 2 aliphatic heterocycles. The van der Waals surface area contributed by atoms with Gasteiger partial charge >= 0.3 is 5.97 Å². The lowest BCUT2D eigenvalue weighted by molar-refractivity contribution is -0.384. The van der Waals surface area contributed by atoms with Crippen molar-refractivity contribution in [1.29, 1.82) is 0 Å². The molecule has 0 bridgehead atoms. The summed E-state index contributed by atoms with van der Waals surface area (Å²) in [5, 5.41) is 14.5. The highest BCUT2D eigenvalue weighted by molar-refractivity contribution is 5.92. The number of benzene rings is 1. The molecule has 1 atom stereocenters. The highest BCUT2D eigenvalue weighted by Gasteiger charge is 2.33. The minimum atomic E-state index is -0.688. The normalized spacial score (nSPS) is 16.5. The van der Waals surface area contributed by atoms with Gasteiger partial charge in [-0.25, -0.2) is 9.78 Å². The summed E-state index contributed by atoms with van der Waals surface area (Å²) in [5.74, 6) is -1.53. The zero-order valence-corrected chi connectivity index (χ0v) is 21.9. The Morgan fingerprint density at radius 2 is 1.95 bits per heavy atom. The number of anilines is 2. The number of halogens is 1. The third-order valence-corrected chi connectivity index (χ3v) is 7.06. The van der Waals surface area contributed by atoms with Gasteiger partial charge in [-0.2, -0.15) is 4.39 Å². The Bertz CT molecular complexity index is 1220. The molecule has 1 unspecified atom stereocenters. The fourth-order valence-corrected chi connectivity index (χ4v) is 5.15. The Morgan fingerprint density at radius 3 is 2.58 bits per heavy atom. The largest absolute Gasteiger partial charge is 0.464 e. The minimum Gasteiger partial charge on any atom is -0.464 e. The number of amides is 1. The Morgan fingerprint density at radius 1 is 1.21 bits per heavy atom. The number of aryl methyl sites for hydroxylation is 1. The molecule has 11 nitrogen and oxygen atoms in total. The first-order valence-corrected chi connectivity index (χ1v) is 12.8. The average Bonchev–Trinajstić information content (AvgIpc) is 2.92. The van der Waals surface area contributed by atoms with Gasteiger partial charge in [-0.3, -0.25) is 19.8 Å². The van der Waals surface area contributed by atoms with Gasteiger partial charge in [0.2, 0.25) is 5.95 Å². The van der Waals surface area contributed by atoms with Gasteiger partial charge in [0.15, 0.2) is 0 Å². The van der Waals surface area contributed by atoms with Crippen molar-refractivity contribution in [3.05, 3.63) is 57.1 Å². The van der Waals surface area contributed by atoms with E-state index in [-0.39, 0.29) is 22.9 Å². The number of esters is 1. The molecule has 1 amide bonds. The molecule has 0 aliphatic carbocycles. The van der Waals surface area contributed by atoms with E-state index in [0.29, 0.717) is 57.1 Å². The first-order chi connectivity index (χ1) is 18.2. The Balaban J connectivity index is 1.47. The van der Waals surface area contributed by atoms with Crippen molar-refractivity contribution in [3.8, 4) is 0 Å². The number of nitro benzene ring substituents is 1. The standard InChI is InChI=1S/C26H33FN6O5/c1-4-38-26(35)17(2)32-9-5-6-19-14-18(15-22(23(19)32)33(36)37)16-30-10-12-31(13-11-30)21-8-7-20(25(34)28-3)29-24(21)27/h7-8,14-15,17H,4-6,9-13,16H2,1-3H3,(H,28,34). The van der Waals surface area contributed by atoms with E-state index in [1.54, 1.807) is 30.9 Å².